The van der Waals surface area contributed by atoms with Gasteiger partial charge in [-0.25, -0.2) is 17.7 Å². The lowest BCUT2D eigenvalue weighted by Crippen LogP contribution is -2.38. The summed E-state index contributed by atoms with van der Waals surface area (Å²) in [7, 11) is -0.693. The number of rotatable bonds is 7. The summed E-state index contributed by atoms with van der Waals surface area (Å²) in [6.07, 6.45) is 2.65. The van der Waals surface area contributed by atoms with Crippen LogP contribution >= 0.6 is 11.8 Å². The van der Waals surface area contributed by atoms with E-state index in [-0.39, 0.29) is 29.2 Å². The zero-order chi connectivity index (χ0) is 27.6. The highest BCUT2D eigenvalue weighted by molar-refractivity contribution is 8.15. The molecule has 0 bridgehead atoms. The van der Waals surface area contributed by atoms with E-state index in [1.54, 1.807) is 29.2 Å². The maximum absolute atomic E-state index is 13.9. The van der Waals surface area contributed by atoms with Crippen LogP contribution in [-0.2, 0) is 26.0 Å². The van der Waals surface area contributed by atoms with Gasteiger partial charge in [0.15, 0.2) is 5.17 Å². The number of carbonyl (C=O) groups excluding carboxylic acids is 2. The third kappa shape index (κ3) is 5.78. The Hall–Kier alpha value is -3.47. The molecule has 1 heterocycles. The van der Waals surface area contributed by atoms with Crippen LogP contribution in [0.15, 0.2) is 88.8 Å². The highest BCUT2D eigenvalue weighted by atomic mass is 32.2. The third-order valence-corrected chi connectivity index (χ3v) is 9.83. The monoisotopic (exact) mass is 562 g/mol. The average Bonchev–Trinajstić information content (AvgIpc) is 3.22. The molecule has 1 aliphatic heterocycles. The predicted molar refractivity (Wildman–Crippen MR) is 154 cm³/mol. The summed E-state index contributed by atoms with van der Waals surface area (Å²) < 4.78 is 26.6. The van der Waals surface area contributed by atoms with Crippen LogP contribution in [0.5, 0.6) is 0 Å². The van der Waals surface area contributed by atoms with Crippen LogP contribution in [0.3, 0.4) is 0 Å². The second kappa shape index (κ2) is 11.3. The van der Waals surface area contributed by atoms with Crippen LogP contribution in [-0.4, -0.2) is 54.0 Å². The summed E-state index contributed by atoms with van der Waals surface area (Å²) in [5, 5.41) is 2.69. The van der Waals surface area contributed by atoms with E-state index in [1.165, 1.54) is 43.6 Å². The number of aliphatic imine (C=N–C) groups is 1. The predicted octanol–water partition coefficient (Wildman–Crippen LogP) is 4.97. The van der Waals surface area contributed by atoms with Crippen LogP contribution in [0.4, 0.5) is 11.4 Å². The van der Waals surface area contributed by atoms with Crippen LogP contribution in [0.2, 0.25) is 0 Å². The van der Waals surface area contributed by atoms with E-state index in [2.05, 4.69) is 17.4 Å². The number of aryl methyl sites for hydroxylation is 1. The SMILES string of the molecule is CN(C)S(=O)(=O)c1cccc(N=C2S[C@@H](CC(=O)Nc3ccccc3)C(=O)N2[C@H]2CCCc3ccccc32)c1. The van der Waals surface area contributed by atoms with Crippen molar-refractivity contribution < 1.29 is 18.0 Å². The largest absolute Gasteiger partial charge is 0.326 e. The molecule has 1 N–H and O–H groups in total. The molecule has 5 rings (SSSR count). The molecule has 2 atom stereocenters. The van der Waals surface area contributed by atoms with E-state index < -0.39 is 15.3 Å². The van der Waals surface area contributed by atoms with Gasteiger partial charge in [0.2, 0.25) is 21.8 Å². The van der Waals surface area contributed by atoms with Gasteiger partial charge in [-0.05, 0) is 60.7 Å². The lowest BCUT2D eigenvalue weighted by atomic mass is 9.87. The molecule has 1 aliphatic carbocycles. The molecule has 2 aliphatic rings. The highest BCUT2D eigenvalue weighted by Gasteiger charge is 2.44. The van der Waals surface area contributed by atoms with Gasteiger partial charge in [0.05, 0.1) is 16.6 Å². The lowest BCUT2D eigenvalue weighted by Gasteiger charge is -2.33. The Morgan fingerprint density at radius 3 is 2.56 bits per heavy atom. The maximum Gasteiger partial charge on any atom is 0.243 e. The van der Waals surface area contributed by atoms with Crippen molar-refractivity contribution in [3.8, 4) is 0 Å². The standard InChI is InChI=1S/C29H30N4O4S2/c1-32(2)39(36,37)23-15-9-14-22(18-23)31-29-33(25-17-8-11-20-10-6-7-16-24(20)25)28(35)26(38-29)19-27(34)30-21-12-4-3-5-13-21/h3-7,9-10,12-16,18,25-26H,8,11,17,19H2,1-2H3,(H,30,34)/t25-,26-/m0/s1. The Bertz CT molecular complexity index is 1520. The number of anilines is 1. The van der Waals surface area contributed by atoms with Crippen molar-refractivity contribution in [2.75, 3.05) is 19.4 Å². The molecule has 1 saturated heterocycles. The average molecular weight is 563 g/mol. The number of amidine groups is 1. The van der Waals surface area contributed by atoms with E-state index in [9.17, 15) is 18.0 Å². The van der Waals surface area contributed by atoms with E-state index in [4.69, 9.17) is 4.99 Å². The van der Waals surface area contributed by atoms with E-state index in [1.807, 2.05) is 30.3 Å². The molecule has 202 valence electrons. The molecule has 0 unspecified atom stereocenters. The Morgan fingerprint density at radius 2 is 1.79 bits per heavy atom. The number of carbonyl (C=O) groups is 2. The van der Waals surface area contributed by atoms with Gasteiger partial charge < -0.3 is 5.32 Å². The highest BCUT2D eigenvalue weighted by Crippen LogP contribution is 2.42. The fourth-order valence-corrected chi connectivity index (χ4v) is 7.05. The number of amides is 2. The molecule has 0 aromatic heterocycles. The van der Waals surface area contributed by atoms with Crippen molar-refractivity contribution in [1.82, 2.24) is 9.21 Å². The van der Waals surface area contributed by atoms with Gasteiger partial charge >= 0.3 is 0 Å². The molecule has 3 aromatic rings. The Labute approximate surface area is 233 Å². The first-order chi connectivity index (χ1) is 18.7. The summed E-state index contributed by atoms with van der Waals surface area (Å²) in [5.41, 5.74) is 3.39. The minimum atomic E-state index is -3.65. The molecule has 2 amide bonds. The number of para-hydroxylation sites is 1. The van der Waals surface area contributed by atoms with Crippen LogP contribution < -0.4 is 5.32 Å². The number of hydrogen-bond acceptors (Lipinski definition) is 6. The second-order valence-electron chi connectivity index (χ2n) is 9.72. The van der Waals surface area contributed by atoms with Gasteiger partial charge in [0, 0.05) is 26.2 Å². The van der Waals surface area contributed by atoms with Crippen molar-refractivity contribution in [3.05, 3.63) is 90.0 Å². The summed E-state index contributed by atoms with van der Waals surface area (Å²) in [4.78, 5) is 33.4. The van der Waals surface area contributed by atoms with Crippen molar-refractivity contribution in [1.29, 1.82) is 0 Å². The molecule has 10 heteroatoms. The van der Waals surface area contributed by atoms with Crippen LogP contribution in [0.25, 0.3) is 0 Å². The number of nitrogens with zero attached hydrogens (tertiary/aromatic N) is 3. The molecule has 1 fully saturated rings. The van der Waals surface area contributed by atoms with E-state index >= 15 is 0 Å². The fourth-order valence-electron chi connectivity index (χ4n) is 4.91. The van der Waals surface area contributed by atoms with Crippen molar-refractivity contribution in [3.63, 3.8) is 0 Å². The minimum Gasteiger partial charge on any atom is -0.326 e. The molecule has 8 nitrogen and oxygen atoms in total. The zero-order valence-electron chi connectivity index (χ0n) is 21.8. The minimum absolute atomic E-state index is 0.00265. The lowest BCUT2D eigenvalue weighted by molar-refractivity contribution is -0.129. The molecule has 39 heavy (non-hydrogen) atoms. The topological polar surface area (TPSA) is 99.1 Å². The Kier molecular flexibility index (Phi) is 7.88. The van der Waals surface area contributed by atoms with Crippen LogP contribution in [0.1, 0.15) is 36.4 Å². The molecular formula is C29H30N4O4S2. The first kappa shape index (κ1) is 27.1. The summed E-state index contributed by atoms with van der Waals surface area (Å²) in [5.74, 6) is -0.419. The third-order valence-electron chi connectivity index (χ3n) is 6.87. The van der Waals surface area contributed by atoms with Gasteiger partial charge in [-0.3, -0.25) is 14.5 Å². The molecule has 0 radical (unpaired) electrons. The molecule has 3 aromatic carbocycles. The Morgan fingerprint density at radius 1 is 1.05 bits per heavy atom. The van der Waals surface area contributed by atoms with Gasteiger partial charge in [0.1, 0.15) is 5.25 Å². The van der Waals surface area contributed by atoms with Gasteiger partial charge in [-0.15, -0.1) is 0 Å². The van der Waals surface area contributed by atoms with Gasteiger partial charge in [-0.2, -0.15) is 0 Å². The Balaban J connectivity index is 1.49. The first-order valence-corrected chi connectivity index (χ1v) is 15.1. The normalized spacial score (nSPS) is 20.3. The summed E-state index contributed by atoms with van der Waals surface area (Å²) in [6, 6.07) is 23.4. The number of benzene rings is 3. The number of sulfonamides is 1. The van der Waals surface area contributed by atoms with Gasteiger partial charge in [-0.1, -0.05) is 60.3 Å². The first-order valence-electron chi connectivity index (χ1n) is 12.8. The maximum atomic E-state index is 13.9. The summed E-state index contributed by atoms with van der Waals surface area (Å²) in [6.45, 7) is 0. The quantitative estimate of drug-likeness (QED) is 0.438. The summed E-state index contributed by atoms with van der Waals surface area (Å²) >= 11 is 1.25. The number of fused-ring (bicyclic) bond motifs is 1. The number of thioether (sulfide) groups is 1. The zero-order valence-corrected chi connectivity index (χ0v) is 23.4. The molecular weight excluding hydrogens is 532 g/mol. The number of hydrogen-bond donors (Lipinski definition) is 1. The fraction of sp³-hybridized carbons (Fsp3) is 0.276. The molecule has 0 saturated carbocycles. The molecule has 0 spiro atoms. The van der Waals surface area contributed by atoms with Crippen molar-refractivity contribution in [2.24, 2.45) is 4.99 Å². The van der Waals surface area contributed by atoms with Crippen molar-refractivity contribution in [2.45, 2.75) is 41.9 Å². The van der Waals surface area contributed by atoms with E-state index in [0.29, 0.717) is 16.5 Å². The van der Waals surface area contributed by atoms with Gasteiger partial charge in [0.25, 0.3) is 0 Å². The smallest absolute Gasteiger partial charge is 0.243 e. The number of nitrogens with one attached hydrogen (secondary N) is 1. The van der Waals surface area contributed by atoms with Crippen LogP contribution in [0, 0.1) is 0 Å². The van der Waals surface area contributed by atoms with E-state index in [0.717, 1.165) is 29.1 Å². The second-order valence-corrected chi connectivity index (χ2v) is 13.0. The van der Waals surface area contributed by atoms with Crippen molar-refractivity contribution >= 4 is 50.1 Å².